The Morgan fingerprint density at radius 3 is 2.58 bits per heavy atom. The molecule has 0 N–H and O–H groups in total. The van der Waals surface area contributed by atoms with Gasteiger partial charge < -0.3 is 14.6 Å². The fourth-order valence-electron chi connectivity index (χ4n) is 3.97. The number of allylic oxidation sites excluding steroid dienone is 1. The van der Waals surface area contributed by atoms with Gasteiger partial charge in [0.2, 0.25) is 0 Å². The van der Waals surface area contributed by atoms with Crippen molar-refractivity contribution in [1.82, 2.24) is 4.57 Å². The number of hydrogen-bond donors (Lipinski definition) is 0. The first-order chi connectivity index (χ1) is 17.3. The molecule has 0 spiro atoms. The fraction of sp³-hybridized carbons (Fsp3) is 0.240. The molecule has 0 bridgehead atoms. The molecule has 1 aliphatic heterocycles. The molecule has 4 rings (SSSR count). The number of nitro groups is 1. The van der Waals surface area contributed by atoms with Gasteiger partial charge in [0.1, 0.15) is 5.75 Å². The number of nitrogens with zero attached hydrogens (tertiary/aromatic N) is 3. The van der Waals surface area contributed by atoms with E-state index in [1.165, 1.54) is 10.6 Å². The molecule has 0 saturated carbocycles. The third-order valence-corrected chi connectivity index (χ3v) is 6.48. The van der Waals surface area contributed by atoms with Crippen molar-refractivity contribution in [1.29, 1.82) is 0 Å². The van der Waals surface area contributed by atoms with E-state index >= 15 is 0 Å². The number of ether oxygens (including phenoxy) is 2. The standard InChI is InChI=1S/C25H23N3O7S/c1-4-34-18-13-17(28(32)33)11-16(22(18)29)12-19-23(30)27-21(15-9-7-6-8-10-15)20(24(31)35-5-2)14(3)26-25(27)36-19/h6-13,21,29H,4-5H2,1-3H3/p-1/b19-12-/t21-/m1/s1. The average Bonchev–Trinajstić information content (AvgIpc) is 3.15. The van der Waals surface area contributed by atoms with Crippen molar-refractivity contribution < 1.29 is 24.3 Å². The largest absolute Gasteiger partial charge is 0.870 e. The molecule has 0 aliphatic carbocycles. The number of carbonyl (C=O) groups excluding carboxylic acids is 1. The average molecular weight is 509 g/mol. The van der Waals surface area contributed by atoms with Crippen molar-refractivity contribution >= 4 is 29.1 Å². The molecule has 10 nitrogen and oxygen atoms in total. The number of non-ortho nitro benzene ring substituents is 1. The lowest BCUT2D eigenvalue weighted by Crippen LogP contribution is -2.39. The van der Waals surface area contributed by atoms with Crippen LogP contribution in [0.4, 0.5) is 5.69 Å². The molecule has 1 atom stereocenters. The van der Waals surface area contributed by atoms with E-state index in [9.17, 15) is 24.8 Å². The minimum absolute atomic E-state index is 0.0597. The lowest BCUT2D eigenvalue weighted by molar-refractivity contribution is -0.385. The van der Waals surface area contributed by atoms with E-state index in [2.05, 4.69) is 4.99 Å². The molecule has 0 unspecified atom stereocenters. The second-order valence-electron chi connectivity index (χ2n) is 7.77. The maximum atomic E-state index is 13.6. The second-order valence-corrected chi connectivity index (χ2v) is 8.77. The lowest BCUT2D eigenvalue weighted by Gasteiger charge is -2.24. The van der Waals surface area contributed by atoms with Crippen molar-refractivity contribution in [3.8, 4) is 11.5 Å². The van der Waals surface area contributed by atoms with Crippen molar-refractivity contribution in [2.24, 2.45) is 4.99 Å². The molecular weight excluding hydrogens is 486 g/mol. The summed E-state index contributed by atoms with van der Waals surface area (Å²) in [5.74, 6) is -1.33. The molecule has 1 aromatic heterocycles. The number of aromatic nitrogens is 1. The molecule has 186 valence electrons. The lowest BCUT2D eigenvalue weighted by atomic mass is 9.96. The molecule has 3 aromatic rings. The highest BCUT2D eigenvalue weighted by Gasteiger charge is 2.33. The predicted octanol–water partition coefficient (Wildman–Crippen LogP) is 2.18. The highest BCUT2D eigenvalue weighted by Crippen LogP contribution is 2.33. The van der Waals surface area contributed by atoms with Crippen LogP contribution in [0.5, 0.6) is 11.5 Å². The Kier molecular flexibility index (Phi) is 7.02. The summed E-state index contributed by atoms with van der Waals surface area (Å²) in [5.41, 5.74) is 0.441. The fourth-order valence-corrected chi connectivity index (χ4v) is 5.00. The maximum absolute atomic E-state index is 13.6. The Bertz CT molecular complexity index is 1550. The summed E-state index contributed by atoms with van der Waals surface area (Å²) in [6.45, 7) is 5.32. The number of thiazole rings is 1. The summed E-state index contributed by atoms with van der Waals surface area (Å²) in [7, 11) is 0. The van der Waals surface area contributed by atoms with E-state index in [4.69, 9.17) is 9.47 Å². The van der Waals surface area contributed by atoms with Crippen molar-refractivity contribution in [2.45, 2.75) is 26.8 Å². The van der Waals surface area contributed by atoms with E-state index in [-0.39, 0.29) is 40.3 Å². The zero-order chi connectivity index (χ0) is 26.0. The van der Waals surface area contributed by atoms with Gasteiger partial charge in [-0.2, -0.15) is 0 Å². The Morgan fingerprint density at radius 2 is 1.94 bits per heavy atom. The maximum Gasteiger partial charge on any atom is 0.338 e. The first-order valence-corrected chi connectivity index (χ1v) is 11.9. The molecule has 1 aliphatic rings. The van der Waals surface area contributed by atoms with Crippen LogP contribution < -0.4 is 24.7 Å². The molecular formula is C25H22N3O7S-. The Balaban J connectivity index is 1.97. The number of benzene rings is 2. The molecule has 0 fully saturated rings. The number of esters is 1. The van der Waals surface area contributed by atoms with Gasteiger partial charge in [-0.25, -0.2) is 9.79 Å². The highest BCUT2D eigenvalue weighted by atomic mass is 32.1. The number of carbonyl (C=O) groups is 1. The normalized spacial score (nSPS) is 15.3. The summed E-state index contributed by atoms with van der Waals surface area (Å²) in [6, 6.07) is 10.4. The van der Waals surface area contributed by atoms with Crippen LogP contribution in [0.15, 0.2) is 63.5 Å². The number of hydrogen-bond acceptors (Lipinski definition) is 9. The molecule has 0 amide bonds. The zero-order valence-corrected chi connectivity index (χ0v) is 20.5. The monoisotopic (exact) mass is 508 g/mol. The van der Waals surface area contributed by atoms with Crippen LogP contribution in [-0.4, -0.2) is 28.7 Å². The van der Waals surface area contributed by atoms with E-state index < -0.39 is 28.2 Å². The topological polar surface area (TPSA) is 136 Å². The van der Waals surface area contributed by atoms with Gasteiger partial charge in [0.25, 0.3) is 11.2 Å². The Hall–Kier alpha value is -4.25. The van der Waals surface area contributed by atoms with Crippen LogP contribution >= 0.6 is 11.3 Å². The molecule has 11 heteroatoms. The van der Waals surface area contributed by atoms with Gasteiger partial charge in [0.15, 0.2) is 4.80 Å². The molecule has 0 saturated heterocycles. The summed E-state index contributed by atoms with van der Waals surface area (Å²) in [4.78, 5) is 42.1. The first-order valence-electron chi connectivity index (χ1n) is 11.1. The van der Waals surface area contributed by atoms with E-state index in [1.807, 2.05) is 6.07 Å². The van der Waals surface area contributed by atoms with Gasteiger partial charge in [-0.1, -0.05) is 47.4 Å². The van der Waals surface area contributed by atoms with Crippen molar-refractivity contribution in [3.63, 3.8) is 0 Å². The van der Waals surface area contributed by atoms with E-state index in [0.717, 1.165) is 23.5 Å². The van der Waals surface area contributed by atoms with Crippen LogP contribution in [0, 0.1) is 10.1 Å². The number of nitro benzene ring substituents is 1. The van der Waals surface area contributed by atoms with Crippen LogP contribution in [0.1, 0.15) is 37.9 Å². The Morgan fingerprint density at radius 1 is 1.22 bits per heavy atom. The number of fused-ring (bicyclic) bond motifs is 1. The quantitative estimate of drug-likeness (QED) is 0.271. The van der Waals surface area contributed by atoms with E-state index in [0.29, 0.717) is 16.1 Å². The molecule has 2 aromatic carbocycles. The second kappa shape index (κ2) is 10.2. The van der Waals surface area contributed by atoms with Crippen LogP contribution in [0.2, 0.25) is 0 Å². The van der Waals surface area contributed by atoms with Crippen LogP contribution in [0.25, 0.3) is 6.08 Å². The summed E-state index contributed by atoms with van der Waals surface area (Å²) in [5, 5.41) is 24.3. The number of rotatable bonds is 7. The molecule has 36 heavy (non-hydrogen) atoms. The summed E-state index contributed by atoms with van der Waals surface area (Å²) < 4.78 is 12.0. The predicted molar refractivity (Wildman–Crippen MR) is 131 cm³/mol. The van der Waals surface area contributed by atoms with Gasteiger partial charge in [0, 0.05) is 6.07 Å². The van der Waals surface area contributed by atoms with Crippen LogP contribution in [-0.2, 0) is 9.53 Å². The van der Waals surface area contributed by atoms with Gasteiger partial charge >= 0.3 is 5.97 Å². The summed E-state index contributed by atoms with van der Waals surface area (Å²) >= 11 is 1.02. The van der Waals surface area contributed by atoms with Gasteiger partial charge in [-0.15, -0.1) is 0 Å². The third kappa shape index (κ3) is 4.52. The minimum Gasteiger partial charge on any atom is -0.870 e. The molecule has 0 radical (unpaired) electrons. The van der Waals surface area contributed by atoms with Gasteiger partial charge in [0.05, 0.1) is 46.0 Å². The van der Waals surface area contributed by atoms with E-state index in [1.54, 1.807) is 45.0 Å². The molecule has 2 heterocycles. The van der Waals surface area contributed by atoms with Crippen molar-refractivity contribution in [2.75, 3.05) is 13.2 Å². The minimum atomic E-state index is -0.792. The smallest absolute Gasteiger partial charge is 0.338 e. The van der Waals surface area contributed by atoms with Crippen LogP contribution in [0.3, 0.4) is 0 Å². The summed E-state index contributed by atoms with van der Waals surface area (Å²) in [6.07, 6.45) is 1.30. The SMILES string of the molecule is CCOC(=O)C1=C(C)N=c2s/c(=C\c3cc([N+](=O)[O-])cc(OCC)c3[O-])c(=O)n2[C@@H]1c1ccccc1. The zero-order valence-electron chi connectivity index (χ0n) is 19.7. The van der Waals surface area contributed by atoms with Crippen molar-refractivity contribution in [3.05, 3.63) is 94.7 Å². The highest BCUT2D eigenvalue weighted by molar-refractivity contribution is 7.07. The van der Waals surface area contributed by atoms with Gasteiger partial charge in [-0.05, 0) is 38.0 Å². The first kappa shape index (κ1) is 24.9. The Labute approximate surface area is 209 Å². The van der Waals surface area contributed by atoms with Gasteiger partial charge in [-0.3, -0.25) is 19.5 Å². The third-order valence-electron chi connectivity index (χ3n) is 5.50.